The Morgan fingerprint density at radius 3 is 2.11 bits per heavy atom. The van der Waals surface area contributed by atoms with Gasteiger partial charge in [-0.05, 0) is 56.5 Å². The van der Waals surface area contributed by atoms with Gasteiger partial charge in [-0.1, -0.05) is 35.4 Å². The van der Waals surface area contributed by atoms with Gasteiger partial charge in [0.1, 0.15) is 12.4 Å². The van der Waals surface area contributed by atoms with Gasteiger partial charge < -0.3 is 4.74 Å². The van der Waals surface area contributed by atoms with E-state index in [-0.39, 0.29) is 10.6 Å². The van der Waals surface area contributed by atoms with Crippen LogP contribution in [0.4, 0.5) is 13.2 Å². The average molecular weight is 436 g/mol. The first-order valence-corrected chi connectivity index (χ1v) is 10.2. The molecular weight excluding hydrogens is 415 g/mol. The molecule has 0 amide bonds. The number of hydrogen-bond donors (Lipinski definition) is 1. The van der Waals surface area contributed by atoms with Crippen molar-refractivity contribution in [3.8, 4) is 5.75 Å². The van der Waals surface area contributed by atoms with Gasteiger partial charge in [0.2, 0.25) is 10.0 Å². The van der Waals surface area contributed by atoms with Crippen LogP contribution in [0.2, 0.25) is 5.02 Å². The summed E-state index contributed by atoms with van der Waals surface area (Å²) in [6.07, 6.45) is -4.84. The highest BCUT2D eigenvalue weighted by molar-refractivity contribution is 7.89. The summed E-state index contributed by atoms with van der Waals surface area (Å²) in [5, 5.41) is 0.340. The van der Waals surface area contributed by atoms with Crippen molar-refractivity contribution in [3.05, 3.63) is 57.6 Å². The van der Waals surface area contributed by atoms with Gasteiger partial charge in [-0.2, -0.15) is 17.9 Å². The van der Waals surface area contributed by atoms with Gasteiger partial charge in [0, 0.05) is 5.02 Å². The maximum atomic E-state index is 13.4. The fourth-order valence-corrected chi connectivity index (χ4v) is 4.71. The van der Waals surface area contributed by atoms with E-state index in [9.17, 15) is 21.6 Å². The van der Waals surface area contributed by atoms with Crippen molar-refractivity contribution in [1.29, 1.82) is 0 Å². The number of ether oxygens (including phenoxy) is 1. The van der Waals surface area contributed by atoms with Gasteiger partial charge in [0.25, 0.3) is 0 Å². The molecule has 0 bridgehead atoms. The molecule has 2 aromatic carbocycles. The van der Waals surface area contributed by atoms with Gasteiger partial charge in [-0.3, -0.25) is 0 Å². The van der Waals surface area contributed by atoms with Crippen LogP contribution in [-0.2, 0) is 10.0 Å². The highest BCUT2D eigenvalue weighted by Crippen LogP contribution is 2.27. The van der Waals surface area contributed by atoms with E-state index in [0.29, 0.717) is 16.1 Å². The quantitative estimate of drug-likeness (QED) is 0.704. The van der Waals surface area contributed by atoms with Crippen LogP contribution in [0.3, 0.4) is 0 Å². The molecule has 0 aromatic heterocycles. The Kier molecular flexibility index (Phi) is 6.68. The maximum Gasteiger partial charge on any atom is 0.408 e. The van der Waals surface area contributed by atoms with E-state index in [4.69, 9.17) is 16.3 Å². The Morgan fingerprint density at radius 1 is 1.04 bits per heavy atom. The molecule has 154 valence electrons. The normalized spacial score (nSPS) is 13.4. The van der Waals surface area contributed by atoms with Gasteiger partial charge in [0.05, 0.1) is 4.90 Å². The van der Waals surface area contributed by atoms with Crippen LogP contribution >= 0.6 is 11.6 Å². The zero-order chi connectivity index (χ0) is 21.3. The molecule has 0 heterocycles. The lowest BCUT2D eigenvalue weighted by atomic mass is 10.1. The van der Waals surface area contributed by atoms with E-state index in [1.54, 1.807) is 50.6 Å². The third kappa shape index (κ3) is 5.40. The smallest absolute Gasteiger partial charge is 0.408 e. The van der Waals surface area contributed by atoms with Crippen LogP contribution in [0.1, 0.15) is 22.3 Å². The molecule has 4 nitrogen and oxygen atoms in total. The van der Waals surface area contributed by atoms with Crippen LogP contribution in [0.25, 0.3) is 0 Å². The molecule has 2 aromatic rings. The molecular formula is C19H21ClF3NO3S. The fraction of sp³-hybridized carbons (Fsp3) is 0.368. The third-order valence-electron chi connectivity index (χ3n) is 4.13. The number of nitrogens with one attached hydrogen (secondary N) is 1. The molecule has 0 aliphatic rings. The largest absolute Gasteiger partial charge is 0.492 e. The summed E-state index contributed by atoms with van der Waals surface area (Å²) in [6.45, 7) is 5.68. The van der Waals surface area contributed by atoms with E-state index in [2.05, 4.69) is 0 Å². The van der Waals surface area contributed by atoms with E-state index < -0.39 is 28.8 Å². The van der Waals surface area contributed by atoms with Crippen molar-refractivity contribution in [1.82, 2.24) is 4.72 Å². The van der Waals surface area contributed by atoms with Crippen LogP contribution < -0.4 is 9.46 Å². The number of rotatable bonds is 6. The summed E-state index contributed by atoms with van der Waals surface area (Å²) in [6, 6.07) is 5.25. The molecule has 28 heavy (non-hydrogen) atoms. The zero-order valence-corrected chi connectivity index (χ0v) is 17.4. The molecule has 0 aliphatic heterocycles. The molecule has 0 spiro atoms. The molecule has 1 N–H and O–H groups in total. The topological polar surface area (TPSA) is 55.4 Å². The summed E-state index contributed by atoms with van der Waals surface area (Å²) >= 11 is 5.94. The molecule has 0 radical (unpaired) electrons. The van der Waals surface area contributed by atoms with E-state index in [1.165, 1.54) is 12.1 Å². The minimum atomic E-state index is -4.84. The summed E-state index contributed by atoms with van der Waals surface area (Å²) in [5.74, 6) is 0.117. The van der Waals surface area contributed by atoms with Crippen molar-refractivity contribution in [2.75, 3.05) is 6.61 Å². The Hall–Kier alpha value is -1.77. The maximum absolute atomic E-state index is 13.4. The first kappa shape index (κ1) is 22.5. The first-order chi connectivity index (χ1) is 12.8. The SMILES string of the molecule is Cc1cc(C)c(S(=O)(=O)NC(COc2ccc(C)c(Cl)c2)C(F)(F)F)c(C)c1. The predicted molar refractivity (Wildman–Crippen MR) is 103 cm³/mol. The van der Waals surface area contributed by atoms with Crippen LogP contribution in [-0.4, -0.2) is 27.2 Å². The van der Waals surface area contributed by atoms with Gasteiger partial charge in [-0.15, -0.1) is 0 Å². The molecule has 2 rings (SSSR count). The Bertz CT molecular complexity index is 952. The van der Waals surface area contributed by atoms with Crippen molar-refractivity contribution in [3.63, 3.8) is 0 Å². The minimum Gasteiger partial charge on any atom is -0.492 e. The second-order valence-corrected chi connectivity index (χ2v) is 8.72. The summed E-state index contributed by atoms with van der Waals surface area (Å²) < 4.78 is 72.6. The number of halogens is 4. The molecule has 0 aliphatic carbocycles. The lowest BCUT2D eigenvalue weighted by Gasteiger charge is -2.23. The van der Waals surface area contributed by atoms with Crippen LogP contribution in [0, 0.1) is 27.7 Å². The summed E-state index contributed by atoms with van der Waals surface area (Å²) in [5.41, 5.74) is 2.31. The molecule has 0 fully saturated rings. The molecule has 1 unspecified atom stereocenters. The second kappa shape index (κ2) is 8.31. The standard InChI is InChI=1S/C19H21ClF3NO3S/c1-11-7-13(3)18(14(4)8-11)28(25,26)24-17(19(21,22)23)10-27-15-6-5-12(2)16(20)9-15/h5-9,17,24H,10H2,1-4H3. The predicted octanol–water partition coefficient (Wildman–Crippen LogP) is 4.86. The van der Waals surface area contributed by atoms with Gasteiger partial charge >= 0.3 is 6.18 Å². The van der Waals surface area contributed by atoms with E-state index in [1.807, 2.05) is 0 Å². The zero-order valence-electron chi connectivity index (χ0n) is 15.8. The van der Waals surface area contributed by atoms with Crippen molar-refractivity contribution in [2.24, 2.45) is 0 Å². The van der Waals surface area contributed by atoms with Crippen LogP contribution in [0.15, 0.2) is 35.2 Å². The van der Waals surface area contributed by atoms with E-state index in [0.717, 1.165) is 11.1 Å². The van der Waals surface area contributed by atoms with Crippen molar-refractivity contribution >= 4 is 21.6 Å². The minimum absolute atomic E-state index is 0.117. The summed E-state index contributed by atoms with van der Waals surface area (Å²) in [7, 11) is -4.42. The van der Waals surface area contributed by atoms with Gasteiger partial charge in [-0.25, -0.2) is 8.42 Å². The number of alkyl halides is 3. The Morgan fingerprint density at radius 2 is 1.61 bits per heavy atom. The van der Waals surface area contributed by atoms with Crippen LogP contribution in [0.5, 0.6) is 5.75 Å². The fourth-order valence-electron chi connectivity index (χ4n) is 2.88. The molecule has 0 saturated carbocycles. The van der Waals surface area contributed by atoms with Crippen molar-refractivity contribution in [2.45, 2.75) is 44.8 Å². The highest BCUT2D eigenvalue weighted by atomic mass is 35.5. The number of benzene rings is 2. The first-order valence-electron chi connectivity index (χ1n) is 8.37. The number of hydrogen-bond acceptors (Lipinski definition) is 3. The highest BCUT2D eigenvalue weighted by Gasteiger charge is 2.43. The number of aryl methyl sites for hydroxylation is 4. The Balaban J connectivity index is 2.28. The second-order valence-electron chi connectivity index (χ2n) is 6.67. The average Bonchev–Trinajstić information content (AvgIpc) is 2.52. The number of sulfonamides is 1. The molecule has 1 atom stereocenters. The Labute approximate surface area is 167 Å². The monoisotopic (exact) mass is 435 g/mol. The van der Waals surface area contributed by atoms with E-state index >= 15 is 0 Å². The molecule has 9 heteroatoms. The van der Waals surface area contributed by atoms with Gasteiger partial charge in [0.15, 0.2) is 6.04 Å². The van der Waals surface area contributed by atoms with Crippen molar-refractivity contribution < 1.29 is 26.3 Å². The lowest BCUT2D eigenvalue weighted by molar-refractivity contribution is -0.157. The summed E-state index contributed by atoms with van der Waals surface area (Å²) in [4.78, 5) is -0.161. The molecule has 0 saturated heterocycles. The lowest BCUT2D eigenvalue weighted by Crippen LogP contribution is -2.49. The third-order valence-corrected chi connectivity index (χ3v) is 6.31.